The standard InChI is InChI=1S/C20H26N2O7/c1-20(2)13(10-15(20)18(24)28-3)11-17(23)21-16(19(25)29-4)9-12-5-7-14(8-6-12)22(26)27/h5-8,13,15-16H,9-11H2,1-4H3,(H,21,23)/t13-,15+,16-/m0/s1. The maximum atomic E-state index is 12.5. The van der Waals surface area contributed by atoms with Crippen molar-refractivity contribution in [2.24, 2.45) is 17.3 Å². The Morgan fingerprint density at radius 1 is 1.21 bits per heavy atom. The minimum atomic E-state index is -0.909. The van der Waals surface area contributed by atoms with Crippen molar-refractivity contribution in [2.75, 3.05) is 14.2 Å². The highest BCUT2D eigenvalue weighted by Gasteiger charge is 2.52. The largest absolute Gasteiger partial charge is 0.469 e. The van der Waals surface area contributed by atoms with Crippen molar-refractivity contribution in [3.63, 3.8) is 0 Å². The summed E-state index contributed by atoms with van der Waals surface area (Å²) in [7, 11) is 2.57. The minimum absolute atomic E-state index is 0.00993. The summed E-state index contributed by atoms with van der Waals surface area (Å²) in [5.74, 6) is -1.45. The molecule has 1 N–H and O–H groups in total. The summed E-state index contributed by atoms with van der Waals surface area (Å²) in [6.45, 7) is 3.84. The Balaban J connectivity index is 1.99. The van der Waals surface area contributed by atoms with E-state index in [0.717, 1.165) is 0 Å². The Bertz CT molecular complexity index is 789. The molecule has 3 atom stereocenters. The number of carbonyl (C=O) groups excluding carboxylic acids is 3. The van der Waals surface area contributed by atoms with E-state index in [1.54, 1.807) is 0 Å². The SMILES string of the molecule is COC(=O)[C@H](Cc1ccc([N+](=O)[O-])cc1)NC(=O)C[C@@H]1C[C@H](C(=O)OC)C1(C)C. The van der Waals surface area contributed by atoms with Gasteiger partial charge in [-0.15, -0.1) is 0 Å². The number of nitrogens with one attached hydrogen (secondary N) is 1. The molecular formula is C20H26N2O7. The van der Waals surface area contributed by atoms with Crippen LogP contribution in [-0.2, 0) is 30.3 Å². The predicted octanol–water partition coefficient (Wildman–Crippen LogP) is 2.02. The van der Waals surface area contributed by atoms with Gasteiger partial charge in [0.1, 0.15) is 6.04 Å². The third-order valence-corrected chi connectivity index (χ3v) is 5.80. The maximum absolute atomic E-state index is 12.5. The van der Waals surface area contributed by atoms with E-state index in [1.165, 1.54) is 38.5 Å². The molecule has 1 fully saturated rings. The highest BCUT2D eigenvalue weighted by Crippen LogP contribution is 2.53. The Morgan fingerprint density at radius 3 is 2.31 bits per heavy atom. The summed E-state index contributed by atoms with van der Waals surface area (Å²) in [6, 6.07) is 4.85. The topological polar surface area (TPSA) is 125 Å². The number of hydrogen-bond acceptors (Lipinski definition) is 7. The number of esters is 2. The molecule has 0 heterocycles. The van der Waals surface area contributed by atoms with Gasteiger partial charge in [-0.05, 0) is 23.3 Å². The van der Waals surface area contributed by atoms with E-state index in [0.29, 0.717) is 12.0 Å². The van der Waals surface area contributed by atoms with Gasteiger partial charge in [0.25, 0.3) is 5.69 Å². The number of nitro groups is 1. The van der Waals surface area contributed by atoms with Crippen LogP contribution in [0.5, 0.6) is 0 Å². The van der Waals surface area contributed by atoms with Gasteiger partial charge in [0.05, 0.1) is 25.1 Å². The van der Waals surface area contributed by atoms with Crippen LogP contribution >= 0.6 is 0 Å². The molecule has 0 saturated heterocycles. The van der Waals surface area contributed by atoms with Crippen LogP contribution in [0.2, 0.25) is 0 Å². The van der Waals surface area contributed by atoms with E-state index in [9.17, 15) is 24.5 Å². The first-order valence-corrected chi connectivity index (χ1v) is 9.28. The molecule has 9 nitrogen and oxygen atoms in total. The number of ether oxygens (including phenoxy) is 2. The van der Waals surface area contributed by atoms with Crippen molar-refractivity contribution in [1.29, 1.82) is 0 Å². The number of methoxy groups -OCH3 is 2. The third-order valence-electron chi connectivity index (χ3n) is 5.80. The Morgan fingerprint density at radius 2 is 1.83 bits per heavy atom. The van der Waals surface area contributed by atoms with Gasteiger partial charge >= 0.3 is 11.9 Å². The van der Waals surface area contributed by atoms with Crippen molar-refractivity contribution in [3.8, 4) is 0 Å². The zero-order chi connectivity index (χ0) is 21.8. The molecule has 0 aliphatic heterocycles. The van der Waals surface area contributed by atoms with Gasteiger partial charge < -0.3 is 14.8 Å². The number of hydrogen-bond donors (Lipinski definition) is 1. The Labute approximate surface area is 168 Å². The molecule has 0 spiro atoms. The van der Waals surface area contributed by atoms with Crippen LogP contribution in [0.25, 0.3) is 0 Å². The molecular weight excluding hydrogens is 380 g/mol. The lowest BCUT2D eigenvalue weighted by molar-refractivity contribution is -0.384. The average Bonchev–Trinajstić information content (AvgIpc) is 2.69. The normalized spacial score (nSPS) is 20.7. The highest BCUT2D eigenvalue weighted by atomic mass is 16.6. The summed E-state index contributed by atoms with van der Waals surface area (Å²) in [6.07, 6.45) is 0.877. The van der Waals surface area contributed by atoms with Crippen LogP contribution in [0, 0.1) is 27.4 Å². The second-order valence-corrected chi connectivity index (χ2v) is 7.80. The summed E-state index contributed by atoms with van der Waals surface area (Å²) in [5, 5.41) is 13.4. The van der Waals surface area contributed by atoms with Crippen molar-refractivity contribution in [1.82, 2.24) is 5.32 Å². The molecule has 0 unspecified atom stereocenters. The number of benzene rings is 1. The number of carbonyl (C=O) groups is 3. The van der Waals surface area contributed by atoms with E-state index < -0.39 is 16.9 Å². The van der Waals surface area contributed by atoms with Gasteiger partial charge in [-0.2, -0.15) is 0 Å². The molecule has 1 aliphatic carbocycles. The van der Waals surface area contributed by atoms with Gasteiger partial charge in [-0.1, -0.05) is 26.0 Å². The van der Waals surface area contributed by atoms with E-state index in [4.69, 9.17) is 9.47 Å². The molecule has 1 amide bonds. The molecule has 1 aromatic carbocycles. The molecule has 1 saturated carbocycles. The molecule has 29 heavy (non-hydrogen) atoms. The second kappa shape index (κ2) is 9.02. The van der Waals surface area contributed by atoms with Gasteiger partial charge in [0.2, 0.25) is 5.91 Å². The first kappa shape index (κ1) is 22.3. The van der Waals surface area contributed by atoms with E-state index in [-0.39, 0.29) is 47.7 Å². The average molecular weight is 406 g/mol. The first-order chi connectivity index (χ1) is 13.6. The van der Waals surface area contributed by atoms with Crippen molar-refractivity contribution in [3.05, 3.63) is 39.9 Å². The number of amides is 1. The zero-order valence-corrected chi connectivity index (χ0v) is 17.0. The van der Waals surface area contributed by atoms with Gasteiger partial charge in [-0.3, -0.25) is 19.7 Å². The Hall–Kier alpha value is -2.97. The summed E-state index contributed by atoms with van der Waals surface area (Å²) < 4.78 is 9.57. The van der Waals surface area contributed by atoms with Crippen LogP contribution in [-0.4, -0.2) is 43.0 Å². The fourth-order valence-electron chi connectivity index (χ4n) is 3.71. The number of nitro benzene ring substituents is 1. The lowest BCUT2D eigenvalue weighted by atomic mass is 9.54. The molecule has 0 aromatic heterocycles. The smallest absolute Gasteiger partial charge is 0.328 e. The second-order valence-electron chi connectivity index (χ2n) is 7.80. The van der Waals surface area contributed by atoms with E-state index in [2.05, 4.69) is 5.32 Å². The molecule has 0 bridgehead atoms. The summed E-state index contributed by atoms with van der Waals surface area (Å²) in [4.78, 5) is 46.7. The quantitative estimate of drug-likeness (QED) is 0.398. The molecule has 9 heteroatoms. The fraction of sp³-hybridized carbons (Fsp3) is 0.550. The van der Waals surface area contributed by atoms with Gasteiger partial charge in [0.15, 0.2) is 0 Å². The summed E-state index contributed by atoms with van der Waals surface area (Å²) in [5.41, 5.74) is 0.227. The first-order valence-electron chi connectivity index (χ1n) is 9.28. The van der Waals surface area contributed by atoms with Crippen LogP contribution in [0.3, 0.4) is 0 Å². The minimum Gasteiger partial charge on any atom is -0.469 e. The number of nitrogens with zero attached hydrogens (tertiary/aromatic N) is 1. The van der Waals surface area contributed by atoms with Crippen molar-refractivity contribution in [2.45, 2.75) is 39.2 Å². The van der Waals surface area contributed by atoms with Crippen molar-refractivity contribution >= 4 is 23.5 Å². The molecule has 1 aromatic rings. The maximum Gasteiger partial charge on any atom is 0.328 e. The van der Waals surface area contributed by atoms with Crippen molar-refractivity contribution < 1.29 is 28.8 Å². The molecule has 158 valence electrons. The predicted molar refractivity (Wildman–Crippen MR) is 103 cm³/mol. The molecule has 0 radical (unpaired) electrons. The van der Waals surface area contributed by atoms with E-state index in [1.807, 2.05) is 13.8 Å². The summed E-state index contributed by atoms with van der Waals surface area (Å²) >= 11 is 0. The Kier molecular flexibility index (Phi) is 6.94. The van der Waals surface area contributed by atoms with E-state index >= 15 is 0 Å². The van der Waals surface area contributed by atoms with Gasteiger partial charge in [0, 0.05) is 25.0 Å². The van der Waals surface area contributed by atoms with Gasteiger partial charge in [-0.25, -0.2) is 4.79 Å². The molecule has 2 rings (SSSR count). The number of non-ortho nitro benzene ring substituents is 1. The van der Waals surface area contributed by atoms with Crippen LogP contribution in [0.1, 0.15) is 32.3 Å². The van der Waals surface area contributed by atoms with Crippen LogP contribution in [0.4, 0.5) is 5.69 Å². The molecule has 1 aliphatic rings. The third kappa shape index (κ3) is 5.10. The lowest BCUT2D eigenvalue weighted by Crippen LogP contribution is -2.52. The number of rotatable bonds is 8. The fourth-order valence-corrected chi connectivity index (χ4v) is 3.71. The monoisotopic (exact) mass is 406 g/mol. The highest BCUT2D eigenvalue weighted by molar-refractivity contribution is 5.85. The lowest BCUT2D eigenvalue weighted by Gasteiger charge is -2.50. The van der Waals surface area contributed by atoms with Crippen LogP contribution in [0.15, 0.2) is 24.3 Å². The zero-order valence-electron chi connectivity index (χ0n) is 17.0. The van der Waals surface area contributed by atoms with Crippen LogP contribution < -0.4 is 5.32 Å².